The summed E-state index contributed by atoms with van der Waals surface area (Å²) in [6, 6.07) is 8.53. The van der Waals surface area contributed by atoms with Gasteiger partial charge < -0.3 is 19.7 Å². The molecule has 0 spiro atoms. The molecule has 38 heavy (non-hydrogen) atoms. The first kappa shape index (κ1) is 25.9. The van der Waals surface area contributed by atoms with Crippen molar-refractivity contribution in [1.29, 1.82) is 0 Å². The Morgan fingerprint density at radius 3 is 2.74 bits per heavy atom. The SMILES string of the molecule is CN(C)S(=O)(=O)N1CCN(c2ccnc(-n3ccnc3)n2)CC1CC(=O)NCC1COc2ccccc2O1. The van der Waals surface area contributed by atoms with E-state index in [0.717, 1.165) is 0 Å². The maximum absolute atomic E-state index is 13.1. The zero-order valence-electron chi connectivity index (χ0n) is 21.2. The van der Waals surface area contributed by atoms with E-state index in [9.17, 15) is 13.2 Å². The highest BCUT2D eigenvalue weighted by molar-refractivity contribution is 7.86. The maximum Gasteiger partial charge on any atom is 0.281 e. The number of rotatable bonds is 8. The predicted molar refractivity (Wildman–Crippen MR) is 138 cm³/mol. The molecular weight excluding hydrogens is 512 g/mol. The summed E-state index contributed by atoms with van der Waals surface area (Å²) in [7, 11) is -0.773. The molecule has 2 aliphatic heterocycles. The number of fused-ring (bicyclic) bond motifs is 1. The summed E-state index contributed by atoms with van der Waals surface area (Å²) in [6.07, 6.45) is 6.26. The van der Waals surface area contributed by atoms with E-state index in [1.807, 2.05) is 29.2 Å². The van der Waals surface area contributed by atoms with Crippen LogP contribution in [0.4, 0.5) is 5.82 Å². The fourth-order valence-corrected chi connectivity index (χ4v) is 5.67. The molecule has 2 atom stereocenters. The summed E-state index contributed by atoms with van der Waals surface area (Å²) in [4.78, 5) is 27.9. The van der Waals surface area contributed by atoms with Crippen molar-refractivity contribution in [2.45, 2.75) is 18.6 Å². The number of carbonyl (C=O) groups excluding carboxylic acids is 1. The van der Waals surface area contributed by atoms with E-state index < -0.39 is 16.3 Å². The number of hydrogen-bond acceptors (Lipinski definition) is 9. The molecule has 0 saturated carbocycles. The van der Waals surface area contributed by atoms with Gasteiger partial charge in [-0.1, -0.05) is 12.1 Å². The summed E-state index contributed by atoms with van der Waals surface area (Å²) >= 11 is 0. The molecule has 202 valence electrons. The van der Waals surface area contributed by atoms with Gasteiger partial charge in [-0.3, -0.25) is 9.36 Å². The Kier molecular flexibility index (Phi) is 7.44. The second kappa shape index (κ2) is 10.9. The van der Waals surface area contributed by atoms with Crippen molar-refractivity contribution < 1.29 is 22.7 Å². The number of para-hydroxylation sites is 2. The third-order valence-electron chi connectivity index (χ3n) is 6.39. The number of nitrogens with zero attached hydrogens (tertiary/aromatic N) is 7. The zero-order chi connectivity index (χ0) is 26.7. The molecule has 1 fully saturated rings. The largest absolute Gasteiger partial charge is 0.486 e. The van der Waals surface area contributed by atoms with E-state index in [1.54, 1.807) is 35.6 Å². The van der Waals surface area contributed by atoms with Crippen LogP contribution < -0.4 is 19.7 Å². The van der Waals surface area contributed by atoms with E-state index in [0.29, 0.717) is 36.4 Å². The average Bonchev–Trinajstić information content (AvgIpc) is 3.47. The standard InChI is InChI=1S/C24H30N8O5S/c1-29(2)38(34,35)32-12-11-30(22-7-8-26-24(28-22)31-10-9-25-17-31)15-18(32)13-23(33)27-14-19-16-36-20-5-3-4-6-21(20)37-19/h3-10,17-19H,11-16H2,1-2H3,(H,27,33). The van der Waals surface area contributed by atoms with Crippen molar-refractivity contribution in [2.24, 2.45) is 0 Å². The summed E-state index contributed by atoms with van der Waals surface area (Å²) in [5, 5.41) is 2.88. The Morgan fingerprint density at radius 2 is 1.97 bits per heavy atom. The summed E-state index contributed by atoms with van der Waals surface area (Å²) in [5.41, 5.74) is 0. The van der Waals surface area contributed by atoms with Gasteiger partial charge in [0, 0.05) is 58.7 Å². The topological polar surface area (TPSA) is 135 Å². The van der Waals surface area contributed by atoms with Crippen LogP contribution in [0.25, 0.3) is 5.95 Å². The van der Waals surface area contributed by atoms with Crippen LogP contribution in [-0.2, 0) is 15.0 Å². The van der Waals surface area contributed by atoms with Crippen LogP contribution in [0.15, 0.2) is 55.2 Å². The van der Waals surface area contributed by atoms with Crippen molar-refractivity contribution in [3.8, 4) is 17.4 Å². The number of anilines is 1. The van der Waals surface area contributed by atoms with Crippen molar-refractivity contribution in [3.05, 3.63) is 55.2 Å². The molecule has 2 aromatic heterocycles. The van der Waals surface area contributed by atoms with Crippen LogP contribution in [0.5, 0.6) is 11.5 Å². The van der Waals surface area contributed by atoms with Crippen molar-refractivity contribution in [3.63, 3.8) is 0 Å². The van der Waals surface area contributed by atoms with Gasteiger partial charge in [-0.05, 0) is 18.2 Å². The number of piperazine rings is 1. The molecule has 1 amide bonds. The van der Waals surface area contributed by atoms with Crippen LogP contribution in [0.2, 0.25) is 0 Å². The average molecular weight is 543 g/mol. The molecule has 13 nitrogen and oxygen atoms in total. The number of hydrogen-bond donors (Lipinski definition) is 1. The highest BCUT2D eigenvalue weighted by Crippen LogP contribution is 2.30. The lowest BCUT2D eigenvalue weighted by Gasteiger charge is -2.41. The van der Waals surface area contributed by atoms with Gasteiger partial charge in [-0.2, -0.15) is 22.0 Å². The minimum atomic E-state index is -3.74. The van der Waals surface area contributed by atoms with Gasteiger partial charge in [-0.15, -0.1) is 0 Å². The lowest BCUT2D eigenvalue weighted by molar-refractivity contribution is -0.122. The van der Waals surface area contributed by atoms with Crippen LogP contribution >= 0.6 is 0 Å². The first-order chi connectivity index (χ1) is 18.3. The van der Waals surface area contributed by atoms with Crippen molar-refractivity contribution in [1.82, 2.24) is 33.4 Å². The number of aromatic nitrogens is 4. The van der Waals surface area contributed by atoms with Gasteiger partial charge in [0.1, 0.15) is 24.9 Å². The van der Waals surface area contributed by atoms with E-state index in [4.69, 9.17) is 9.47 Å². The lowest BCUT2D eigenvalue weighted by atomic mass is 10.1. The van der Waals surface area contributed by atoms with Crippen molar-refractivity contribution >= 4 is 21.9 Å². The normalized spacial score (nSPS) is 19.9. The lowest BCUT2D eigenvalue weighted by Crippen LogP contribution is -2.58. The van der Waals surface area contributed by atoms with Crippen LogP contribution in [0, 0.1) is 0 Å². The van der Waals surface area contributed by atoms with Crippen molar-refractivity contribution in [2.75, 3.05) is 51.8 Å². The summed E-state index contributed by atoms with van der Waals surface area (Å²) in [5.74, 6) is 2.11. The van der Waals surface area contributed by atoms with E-state index >= 15 is 0 Å². The van der Waals surface area contributed by atoms with Gasteiger partial charge >= 0.3 is 0 Å². The predicted octanol–water partition coefficient (Wildman–Crippen LogP) is 0.306. The van der Waals surface area contributed by atoms with E-state index in [1.165, 1.54) is 22.7 Å². The second-order valence-electron chi connectivity index (χ2n) is 9.19. The Hall–Kier alpha value is -3.75. The Balaban J connectivity index is 1.27. The minimum Gasteiger partial charge on any atom is -0.486 e. The molecule has 1 N–H and O–H groups in total. The van der Waals surface area contributed by atoms with Gasteiger partial charge in [0.25, 0.3) is 10.2 Å². The highest BCUT2D eigenvalue weighted by Gasteiger charge is 2.38. The van der Waals surface area contributed by atoms with Gasteiger partial charge in [0.2, 0.25) is 11.9 Å². The number of nitrogens with one attached hydrogen (secondary N) is 1. The molecule has 2 aliphatic rings. The number of amides is 1. The van der Waals surface area contributed by atoms with E-state index in [-0.39, 0.29) is 38.1 Å². The van der Waals surface area contributed by atoms with Crippen LogP contribution in [0.1, 0.15) is 6.42 Å². The van der Waals surface area contributed by atoms with Gasteiger partial charge in [0.15, 0.2) is 11.5 Å². The molecule has 1 aromatic carbocycles. The smallest absolute Gasteiger partial charge is 0.281 e. The third kappa shape index (κ3) is 5.56. The molecule has 5 rings (SSSR count). The molecule has 3 aromatic rings. The molecule has 2 unspecified atom stereocenters. The number of benzene rings is 1. The number of ether oxygens (including phenoxy) is 2. The van der Waals surface area contributed by atoms with Crippen LogP contribution in [0.3, 0.4) is 0 Å². The minimum absolute atomic E-state index is 0.0206. The molecule has 4 heterocycles. The Bertz CT molecular complexity index is 1370. The number of imidazole rings is 1. The molecule has 1 saturated heterocycles. The first-order valence-corrected chi connectivity index (χ1v) is 13.6. The molecule has 14 heteroatoms. The maximum atomic E-state index is 13.1. The van der Waals surface area contributed by atoms with E-state index in [2.05, 4.69) is 20.3 Å². The fraction of sp³-hybridized carbons (Fsp3) is 0.417. The van der Waals surface area contributed by atoms with Gasteiger partial charge in [0.05, 0.1) is 12.6 Å². The number of carbonyl (C=O) groups is 1. The summed E-state index contributed by atoms with van der Waals surface area (Å²) in [6.45, 7) is 1.46. The van der Waals surface area contributed by atoms with Crippen LogP contribution in [-0.4, -0.2) is 101 Å². The first-order valence-electron chi connectivity index (χ1n) is 12.2. The molecular formula is C24H30N8O5S. The molecule has 0 bridgehead atoms. The summed E-state index contributed by atoms with van der Waals surface area (Å²) < 4.78 is 42.0. The zero-order valence-corrected chi connectivity index (χ0v) is 22.0. The second-order valence-corrected chi connectivity index (χ2v) is 11.3. The Morgan fingerprint density at radius 1 is 1.16 bits per heavy atom. The molecule has 0 radical (unpaired) electrons. The monoisotopic (exact) mass is 542 g/mol. The quantitative estimate of drug-likeness (QED) is 0.427. The Labute approximate surface area is 221 Å². The van der Waals surface area contributed by atoms with Gasteiger partial charge in [-0.25, -0.2) is 9.97 Å². The highest BCUT2D eigenvalue weighted by atomic mass is 32.2. The molecule has 0 aliphatic carbocycles. The third-order valence-corrected chi connectivity index (χ3v) is 8.39. The fourth-order valence-electron chi connectivity index (χ4n) is 4.42.